The van der Waals surface area contributed by atoms with Gasteiger partial charge < -0.3 is 20.5 Å². The van der Waals surface area contributed by atoms with E-state index in [1.807, 2.05) is 0 Å². The van der Waals surface area contributed by atoms with Crippen LogP contribution in [0.5, 0.6) is 0 Å². The van der Waals surface area contributed by atoms with E-state index in [0.29, 0.717) is 0 Å². The second-order valence-corrected chi connectivity index (χ2v) is 4.52. The van der Waals surface area contributed by atoms with Crippen LogP contribution in [0.4, 0.5) is 0 Å². The molecule has 2 amide bonds. The van der Waals surface area contributed by atoms with Crippen molar-refractivity contribution < 1.29 is 33.8 Å². The van der Waals surface area contributed by atoms with E-state index in [0.717, 1.165) is 0 Å². The lowest BCUT2D eigenvalue weighted by molar-refractivity contribution is -0.142. The molecule has 9 heteroatoms. The maximum Gasteiger partial charge on any atom is 0.305 e. The lowest BCUT2D eigenvalue weighted by Gasteiger charge is -2.16. The predicted octanol–water partition coefficient (Wildman–Crippen LogP) is -1.01. The lowest BCUT2D eigenvalue weighted by atomic mass is 10.1. The Labute approximate surface area is 127 Å². The number of Topliss-reactive ketones (excluding diaryl/α,β-unsaturated/α-hetero) is 1. The number of methoxy groups -OCH3 is 1. The summed E-state index contributed by atoms with van der Waals surface area (Å²) in [5.74, 6) is -3.14. The molecule has 0 rings (SSSR count). The third-order valence-electron chi connectivity index (χ3n) is 2.64. The molecule has 0 aliphatic heterocycles. The number of nitrogens with one attached hydrogen (secondary N) is 2. The number of hydrogen-bond donors (Lipinski definition) is 3. The molecule has 9 nitrogen and oxygen atoms in total. The van der Waals surface area contributed by atoms with Gasteiger partial charge in [-0.3, -0.25) is 24.0 Å². The summed E-state index contributed by atoms with van der Waals surface area (Å²) in [6, 6.07) is -1.03. The topological polar surface area (TPSA) is 139 Å². The molecular formula is C13H20N2O7. The number of amides is 2. The van der Waals surface area contributed by atoms with Crippen molar-refractivity contribution in [2.45, 2.75) is 38.6 Å². The molecule has 0 bridgehead atoms. The fourth-order valence-electron chi connectivity index (χ4n) is 1.52. The van der Waals surface area contributed by atoms with Crippen molar-refractivity contribution in [1.82, 2.24) is 10.6 Å². The van der Waals surface area contributed by atoms with E-state index in [2.05, 4.69) is 15.4 Å². The maximum absolute atomic E-state index is 11.8. The van der Waals surface area contributed by atoms with Gasteiger partial charge in [-0.1, -0.05) is 0 Å². The van der Waals surface area contributed by atoms with Crippen LogP contribution in [0, 0.1) is 0 Å². The number of carboxylic acids is 1. The van der Waals surface area contributed by atoms with Gasteiger partial charge in [0.05, 0.1) is 20.1 Å². The monoisotopic (exact) mass is 316 g/mol. The minimum absolute atomic E-state index is 0.0765. The Morgan fingerprint density at radius 2 is 1.73 bits per heavy atom. The normalized spacial score (nSPS) is 11.2. The zero-order valence-corrected chi connectivity index (χ0v) is 12.5. The number of carboxylic acid groups (broad SMARTS) is 1. The Kier molecular flexibility index (Phi) is 9.15. The van der Waals surface area contributed by atoms with E-state index in [4.69, 9.17) is 5.11 Å². The summed E-state index contributed by atoms with van der Waals surface area (Å²) < 4.78 is 4.38. The third kappa shape index (κ3) is 9.45. The van der Waals surface area contributed by atoms with E-state index >= 15 is 0 Å². The number of hydrogen-bond acceptors (Lipinski definition) is 6. The van der Waals surface area contributed by atoms with Crippen LogP contribution in [0.3, 0.4) is 0 Å². The van der Waals surface area contributed by atoms with Crippen molar-refractivity contribution in [3.8, 4) is 0 Å². The Morgan fingerprint density at radius 3 is 2.23 bits per heavy atom. The van der Waals surface area contributed by atoms with Crippen LogP contribution in [-0.2, 0) is 28.7 Å². The molecule has 0 aromatic rings. The molecule has 0 saturated heterocycles. The lowest BCUT2D eigenvalue weighted by Crippen LogP contribution is -2.47. The second kappa shape index (κ2) is 10.3. The summed E-state index contributed by atoms with van der Waals surface area (Å²) in [7, 11) is 1.20. The summed E-state index contributed by atoms with van der Waals surface area (Å²) in [5.41, 5.74) is 0. The number of ketones is 1. The number of carbonyl (C=O) groups is 5. The van der Waals surface area contributed by atoms with Crippen LogP contribution in [0.2, 0.25) is 0 Å². The molecule has 0 radical (unpaired) electrons. The number of carbonyl (C=O) groups excluding carboxylic acids is 4. The van der Waals surface area contributed by atoms with E-state index in [9.17, 15) is 24.0 Å². The first-order valence-electron chi connectivity index (χ1n) is 6.61. The molecule has 0 aliphatic rings. The summed E-state index contributed by atoms with van der Waals surface area (Å²) in [6.07, 6.45) is -0.544. The van der Waals surface area contributed by atoms with Gasteiger partial charge in [0.15, 0.2) is 5.78 Å². The highest BCUT2D eigenvalue weighted by Gasteiger charge is 2.21. The first-order chi connectivity index (χ1) is 10.3. The van der Waals surface area contributed by atoms with Crippen molar-refractivity contribution in [3.05, 3.63) is 0 Å². The number of aliphatic carboxylic acids is 1. The van der Waals surface area contributed by atoms with Gasteiger partial charge >= 0.3 is 11.9 Å². The van der Waals surface area contributed by atoms with E-state index < -0.39 is 29.8 Å². The number of esters is 1. The minimum Gasteiger partial charge on any atom is -0.481 e. The molecule has 0 saturated carbocycles. The Hall–Kier alpha value is -2.45. The highest BCUT2D eigenvalue weighted by molar-refractivity contribution is 5.91. The van der Waals surface area contributed by atoms with Gasteiger partial charge in [-0.2, -0.15) is 0 Å². The second-order valence-electron chi connectivity index (χ2n) is 4.52. The molecule has 0 fully saturated rings. The third-order valence-corrected chi connectivity index (χ3v) is 2.64. The summed E-state index contributed by atoms with van der Waals surface area (Å²) >= 11 is 0. The fraction of sp³-hybridized carbons (Fsp3) is 0.615. The van der Waals surface area contributed by atoms with Gasteiger partial charge in [0.2, 0.25) is 11.8 Å². The molecule has 22 heavy (non-hydrogen) atoms. The van der Waals surface area contributed by atoms with Crippen LogP contribution in [0.1, 0.15) is 32.6 Å². The Morgan fingerprint density at radius 1 is 1.09 bits per heavy atom. The van der Waals surface area contributed by atoms with Crippen molar-refractivity contribution in [3.63, 3.8) is 0 Å². The van der Waals surface area contributed by atoms with Crippen molar-refractivity contribution in [2.24, 2.45) is 0 Å². The van der Waals surface area contributed by atoms with E-state index in [-0.39, 0.29) is 38.0 Å². The standard InChI is InChI=1S/C13H20N2O7/c1-8(16)15-10(4-5-11(18)19)13(21)14-7-9(17)3-6-12(20)22-2/h10H,3-7H2,1-2H3,(H,14,21)(H,15,16)(H,18,19)/t10-/m0/s1. The zero-order chi connectivity index (χ0) is 17.1. The first-order valence-corrected chi connectivity index (χ1v) is 6.61. The van der Waals surface area contributed by atoms with E-state index in [1.165, 1.54) is 14.0 Å². The van der Waals surface area contributed by atoms with E-state index in [1.54, 1.807) is 0 Å². The Bertz CT molecular complexity index is 448. The maximum atomic E-state index is 11.8. The quantitative estimate of drug-likeness (QED) is 0.439. The van der Waals surface area contributed by atoms with Gasteiger partial charge in [0.25, 0.3) is 0 Å². The molecule has 0 spiro atoms. The number of ether oxygens (including phenoxy) is 1. The largest absolute Gasteiger partial charge is 0.481 e. The van der Waals surface area contributed by atoms with Crippen LogP contribution in [0.15, 0.2) is 0 Å². The van der Waals surface area contributed by atoms with Gasteiger partial charge in [0.1, 0.15) is 6.04 Å². The van der Waals surface area contributed by atoms with Gasteiger partial charge in [-0.05, 0) is 6.42 Å². The highest BCUT2D eigenvalue weighted by Crippen LogP contribution is 1.99. The van der Waals surface area contributed by atoms with Gasteiger partial charge in [-0.15, -0.1) is 0 Å². The summed E-state index contributed by atoms with van der Waals surface area (Å²) in [5, 5.41) is 13.2. The average Bonchev–Trinajstić information content (AvgIpc) is 2.45. The number of rotatable bonds is 10. The SMILES string of the molecule is COC(=O)CCC(=O)CNC(=O)[C@H](CCC(=O)O)NC(C)=O. The van der Waals surface area contributed by atoms with Crippen molar-refractivity contribution in [2.75, 3.05) is 13.7 Å². The molecular weight excluding hydrogens is 296 g/mol. The first kappa shape index (κ1) is 19.6. The smallest absolute Gasteiger partial charge is 0.305 e. The van der Waals surface area contributed by atoms with Crippen LogP contribution in [-0.4, -0.2) is 54.3 Å². The average molecular weight is 316 g/mol. The molecule has 124 valence electrons. The summed E-state index contributed by atoms with van der Waals surface area (Å²) in [4.78, 5) is 55.7. The highest BCUT2D eigenvalue weighted by atomic mass is 16.5. The van der Waals surface area contributed by atoms with Gasteiger partial charge in [-0.25, -0.2) is 0 Å². The van der Waals surface area contributed by atoms with Crippen molar-refractivity contribution >= 4 is 29.5 Å². The minimum atomic E-state index is -1.10. The summed E-state index contributed by atoms with van der Waals surface area (Å²) in [6.45, 7) is 0.890. The van der Waals surface area contributed by atoms with Crippen LogP contribution in [0.25, 0.3) is 0 Å². The molecule has 0 aliphatic carbocycles. The zero-order valence-electron chi connectivity index (χ0n) is 12.5. The van der Waals surface area contributed by atoms with Crippen LogP contribution >= 0.6 is 0 Å². The molecule has 0 unspecified atom stereocenters. The van der Waals surface area contributed by atoms with Gasteiger partial charge in [0, 0.05) is 19.8 Å². The van der Waals surface area contributed by atoms with Crippen molar-refractivity contribution in [1.29, 1.82) is 0 Å². The Balaban J connectivity index is 4.31. The fourth-order valence-corrected chi connectivity index (χ4v) is 1.52. The molecule has 0 aromatic carbocycles. The molecule has 1 atom stereocenters. The molecule has 0 heterocycles. The molecule has 3 N–H and O–H groups in total. The molecule has 0 aromatic heterocycles. The van der Waals surface area contributed by atoms with Crippen LogP contribution < -0.4 is 10.6 Å². The predicted molar refractivity (Wildman–Crippen MR) is 73.7 cm³/mol.